The van der Waals surface area contributed by atoms with E-state index in [0.717, 1.165) is 11.1 Å². The number of nitrogens with zero attached hydrogens (tertiary/aromatic N) is 2. The quantitative estimate of drug-likeness (QED) is 0.616. The molecule has 150 valence electrons. The van der Waals surface area contributed by atoms with Crippen LogP contribution < -0.4 is 5.32 Å². The number of rotatable bonds is 5. The Kier molecular flexibility index (Phi) is 4.92. The fraction of sp³-hybridized carbons (Fsp3) is 0.364. The highest BCUT2D eigenvalue weighted by molar-refractivity contribution is 6.09. The fourth-order valence-electron chi connectivity index (χ4n) is 4.67. The SMILES string of the molecule is CC[C@@]1(C(=O)OC)N[C@H](c2cccnc2)[C@@H]2C(=O)N(Cc3ccccc3)C(=O)[C@@H]21. The molecule has 0 spiro atoms. The number of hydrogen-bond acceptors (Lipinski definition) is 6. The molecule has 4 atom stereocenters. The third-order valence-electron chi connectivity index (χ3n) is 6.08. The first-order valence-electron chi connectivity index (χ1n) is 9.68. The molecule has 2 fully saturated rings. The van der Waals surface area contributed by atoms with Crippen LogP contribution in [0.5, 0.6) is 0 Å². The molecule has 1 N–H and O–H groups in total. The third kappa shape index (κ3) is 2.93. The van der Waals surface area contributed by atoms with Crippen LogP contribution in [0.3, 0.4) is 0 Å². The third-order valence-corrected chi connectivity index (χ3v) is 6.08. The summed E-state index contributed by atoms with van der Waals surface area (Å²) >= 11 is 0. The van der Waals surface area contributed by atoms with E-state index in [2.05, 4.69) is 10.3 Å². The summed E-state index contributed by atoms with van der Waals surface area (Å²) in [5.74, 6) is -2.64. The van der Waals surface area contributed by atoms with Crippen LogP contribution in [0.25, 0.3) is 0 Å². The smallest absolute Gasteiger partial charge is 0.326 e. The highest BCUT2D eigenvalue weighted by Crippen LogP contribution is 2.50. The average molecular weight is 393 g/mol. The van der Waals surface area contributed by atoms with Gasteiger partial charge in [-0.2, -0.15) is 0 Å². The molecular weight excluding hydrogens is 370 g/mol. The zero-order chi connectivity index (χ0) is 20.6. The molecule has 0 radical (unpaired) electrons. The number of nitrogens with one attached hydrogen (secondary N) is 1. The maximum Gasteiger partial charge on any atom is 0.326 e. The molecule has 29 heavy (non-hydrogen) atoms. The molecule has 1 aromatic carbocycles. The van der Waals surface area contributed by atoms with Gasteiger partial charge in [0.1, 0.15) is 5.54 Å². The van der Waals surface area contributed by atoms with Crippen LogP contribution in [0.4, 0.5) is 0 Å². The van der Waals surface area contributed by atoms with Crippen LogP contribution in [0.2, 0.25) is 0 Å². The van der Waals surface area contributed by atoms with Crippen LogP contribution in [-0.4, -0.2) is 40.3 Å². The number of imide groups is 1. The number of pyridine rings is 1. The Labute approximate surface area is 169 Å². The molecule has 0 aliphatic carbocycles. The van der Waals surface area contributed by atoms with E-state index >= 15 is 0 Å². The number of amides is 2. The van der Waals surface area contributed by atoms with Crippen LogP contribution in [0, 0.1) is 11.8 Å². The fourth-order valence-corrected chi connectivity index (χ4v) is 4.67. The van der Waals surface area contributed by atoms with Crippen molar-refractivity contribution in [2.45, 2.75) is 31.5 Å². The summed E-state index contributed by atoms with van der Waals surface area (Å²) in [7, 11) is 1.30. The molecule has 0 saturated carbocycles. The lowest BCUT2D eigenvalue weighted by atomic mass is 9.78. The Hall–Kier alpha value is -3.06. The van der Waals surface area contributed by atoms with E-state index in [1.165, 1.54) is 12.0 Å². The van der Waals surface area contributed by atoms with Gasteiger partial charge >= 0.3 is 5.97 Å². The monoisotopic (exact) mass is 393 g/mol. The Morgan fingerprint density at radius 1 is 1.17 bits per heavy atom. The second-order valence-corrected chi connectivity index (χ2v) is 7.48. The summed E-state index contributed by atoms with van der Waals surface area (Å²) < 4.78 is 5.06. The van der Waals surface area contributed by atoms with Crippen molar-refractivity contribution in [3.63, 3.8) is 0 Å². The molecule has 7 heteroatoms. The van der Waals surface area contributed by atoms with Gasteiger partial charge < -0.3 is 4.74 Å². The molecule has 4 rings (SSSR count). The van der Waals surface area contributed by atoms with Gasteiger partial charge in [0.2, 0.25) is 11.8 Å². The molecule has 0 unspecified atom stereocenters. The number of likely N-dealkylation sites (tertiary alicyclic amines) is 1. The molecule has 1 aromatic heterocycles. The molecular formula is C22H23N3O4. The lowest BCUT2D eigenvalue weighted by Gasteiger charge is -2.31. The van der Waals surface area contributed by atoms with Crippen molar-refractivity contribution in [2.24, 2.45) is 11.8 Å². The normalized spacial score (nSPS) is 28.5. The van der Waals surface area contributed by atoms with E-state index < -0.39 is 29.4 Å². The summed E-state index contributed by atoms with van der Waals surface area (Å²) in [5, 5.41) is 3.29. The predicted octanol–water partition coefficient (Wildman–Crippen LogP) is 1.85. The van der Waals surface area contributed by atoms with Crippen molar-refractivity contribution in [3.8, 4) is 0 Å². The van der Waals surface area contributed by atoms with Gasteiger partial charge in [0.25, 0.3) is 0 Å². The first-order valence-corrected chi connectivity index (χ1v) is 9.68. The van der Waals surface area contributed by atoms with E-state index in [1.54, 1.807) is 18.5 Å². The highest BCUT2D eigenvalue weighted by Gasteiger charge is 2.68. The minimum Gasteiger partial charge on any atom is -0.468 e. The second kappa shape index (κ2) is 7.40. The molecule has 2 amide bonds. The van der Waals surface area contributed by atoms with Crippen LogP contribution >= 0.6 is 0 Å². The van der Waals surface area contributed by atoms with Gasteiger partial charge in [0, 0.05) is 18.4 Å². The Morgan fingerprint density at radius 2 is 1.93 bits per heavy atom. The zero-order valence-electron chi connectivity index (χ0n) is 16.4. The summed E-state index contributed by atoms with van der Waals surface area (Å²) in [5.41, 5.74) is 0.377. The molecule has 3 heterocycles. The van der Waals surface area contributed by atoms with E-state index in [4.69, 9.17) is 4.74 Å². The maximum absolute atomic E-state index is 13.4. The van der Waals surface area contributed by atoms with Crippen molar-refractivity contribution >= 4 is 17.8 Å². The van der Waals surface area contributed by atoms with E-state index in [-0.39, 0.29) is 18.4 Å². The summed E-state index contributed by atoms with van der Waals surface area (Å²) in [6.07, 6.45) is 3.64. The first-order chi connectivity index (χ1) is 14.0. The largest absolute Gasteiger partial charge is 0.468 e. The van der Waals surface area contributed by atoms with E-state index in [9.17, 15) is 14.4 Å². The Bertz CT molecular complexity index is 934. The van der Waals surface area contributed by atoms with Crippen molar-refractivity contribution in [1.82, 2.24) is 15.2 Å². The summed E-state index contributed by atoms with van der Waals surface area (Å²) in [6, 6.07) is 12.5. The van der Waals surface area contributed by atoms with Crippen molar-refractivity contribution < 1.29 is 19.1 Å². The van der Waals surface area contributed by atoms with Gasteiger partial charge in [0.05, 0.1) is 25.5 Å². The molecule has 2 aliphatic heterocycles. The number of ether oxygens (including phenoxy) is 1. The van der Waals surface area contributed by atoms with Gasteiger partial charge in [-0.15, -0.1) is 0 Å². The second-order valence-electron chi connectivity index (χ2n) is 7.48. The van der Waals surface area contributed by atoms with Crippen molar-refractivity contribution in [1.29, 1.82) is 0 Å². The highest BCUT2D eigenvalue weighted by atomic mass is 16.5. The lowest BCUT2D eigenvalue weighted by molar-refractivity contribution is -0.154. The van der Waals surface area contributed by atoms with Gasteiger partial charge in [-0.05, 0) is 23.6 Å². The van der Waals surface area contributed by atoms with Gasteiger partial charge in [-0.25, -0.2) is 0 Å². The Balaban J connectivity index is 1.77. The van der Waals surface area contributed by atoms with Gasteiger partial charge in [-0.1, -0.05) is 43.3 Å². The Morgan fingerprint density at radius 3 is 2.55 bits per heavy atom. The average Bonchev–Trinajstić information content (AvgIpc) is 3.24. The van der Waals surface area contributed by atoms with Crippen LogP contribution in [0.15, 0.2) is 54.9 Å². The van der Waals surface area contributed by atoms with Gasteiger partial charge in [-0.3, -0.25) is 29.6 Å². The summed E-state index contributed by atoms with van der Waals surface area (Å²) in [4.78, 5) is 45.1. The molecule has 2 saturated heterocycles. The topological polar surface area (TPSA) is 88.6 Å². The van der Waals surface area contributed by atoms with Crippen molar-refractivity contribution in [3.05, 3.63) is 66.0 Å². The standard InChI is InChI=1S/C22H23N3O4/c1-3-22(21(28)29-2)17-16(18(24-22)15-10-7-11-23-12-15)19(26)25(20(17)27)13-14-8-5-4-6-9-14/h4-12,16-18,24H,3,13H2,1-2H3/t16-,17-,18-,22-/m1/s1. The minimum absolute atomic E-state index is 0.187. The number of hydrogen-bond donors (Lipinski definition) is 1. The number of benzene rings is 1. The van der Waals surface area contributed by atoms with Gasteiger partial charge in [0.15, 0.2) is 0 Å². The first kappa shape index (κ1) is 19.3. The zero-order valence-corrected chi connectivity index (χ0v) is 16.4. The molecule has 7 nitrogen and oxygen atoms in total. The summed E-state index contributed by atoms with van der Waals surface area (Å²) in [6.45, 7) is 2.01. The molecule has 0 bridgehead atoms. The predicted molar refractivity (Wildman–Crippen MR) is 104 cm³/mol. The van der Waals surface area contributed by atoms with Crippen LogP contribution in [0.1, 0.15) is 30.5 Å². The van der Waals surface area contributed by atoms with Crippen LogP contribution in [-0.2, 0) is 25.7 Å². The maximum atomic E-state index is 13.4. The number of aromatic nitrogens is 1. The number of esters is 1. The number of carbonyl (C=O) groups is 3. The van der Waals surface area contributed by atoms with E-state index in [1.807, 2.05) is 43.3 Å². The molecule has 2 aromatic rings. The van der Waals surface area contributed by atoms with E-state index in [0.29, 0.717) is 6.42 Å². The number of carbonyl (C=O) groups excluding carboxylic acids is 3. The number of fused-ring (bicyclic) bond motifs is 1. The lowest BCUT2D eigenvalue weighted by Crippen LogP contribution is -2.55. The number of methoxy groups -OCH3 is 1. The van der Waals surface area contributed by atoms with Crippen molar-refractivity contribution in [2.75, 3.05) is 7.11 Å². The minimum atomic E-state index is -1.25. The molecule has 2 aliphatic rings.